The normalized spacial score (nSPS) is 21.1. The number of carbonyl (C=O) groups excluding carboxylic acids is 1. The minimum Gasteiger partial charge on any atom is -0.379 e. The number of benzene rings is 1. The van der Waals surface area contributed by atoms with Gasteiger partial charge in [-0.3, -0.25) is 9.69 Å². The standard InChI is InChI=1S/C20H26FN5O2/c1-24-18(14-25-9-11-28-12-10-25)22-23-19(24)15-5-4-8-26(13-15)20(27)16-6-2-3-7-17(16)21/h2-3,6-7,15H,4-5,8-14H2,1H3. The molecule has 8 heteroatoms. The first kappa shape index (κ1) is 19.0. The van der Waals surface area contributed by atoms with Crippen molar-refractivity contribution < 1.29 is 13.9 Å². The summed E-state index contributed by atoms with van der Waals surface area (Å²) < 4.78 is 21.5. The van der Waals surface area contributed by atoms with E-state index in [4.69, 9.17) is 4.74 Å². The largest absolute Gasteiger partial charge is 0.379 e. The Balaban J connectivity index is 1.46. The van der Waals surface area contributed by atoms with E-state index in [2.05, 4.69) is 19.7 Å². The fourth-order valence-electron chi connectivity index (χ4n) is 4.01. The van der Waals surface area contributed by atoms with Crippen molar-refractivity contribution >= 4 is 5.91 Å². The van der Waals surface area contributed by atoms with Gasteiger partial charge in [0.05, 0.1) is 25.3 Å². The number of likely N-dealkylation sites (tertiary alicyclic amines) is 1. The predicted molar refractivity (Wildman–Crippen MR) is 101 cm³/mol. The van der Waals surface area contributed by atoms with Crippen LogP contribution >= 0.6 is 0 Å². The van der Waals surface area contributed by atoms with Gasteiger partial charge >= 0.3 is 0 Å². The van der Waals surface area contributed by atoms with Crippen molar-refractivity contribution in [1.29, 1.82) is 0 Å². The Morgan fingerprint density at radius 1 is 1.21 bits per heavy atom. The van der Waals surface area contributed by atoms with Gasteiger partial charge in [-0.2, -0.15) is 0 Å². The molecule has 0 spiro atoms. The third-order valence-corrected chi connectivity index (χ3v) is 5.65. The van der Waals surface area contributed by atoms with Gasteiger partial charge in [0.25, 0.3) is 5.91 Å². The molecular formula is C20H26FN5O2. The van der Waals surface area contributed by atoms with Crippen molar-refractivity contribution in [2.75, 3.05) is 39.4 Å². The van der Waals surface area contributed by atoms with Gasteiger partial charge in [-0.25, -0.2) is 4.39 Å². The summed E-state index contributed by atoms with van der Waals surface area (Å²) in [5.74, 6) is 1.21. The van der Waals surface area contributed by atoms with E-state index >= 15 is 0 Å². The van der Waals surface area contributed by atoms with Gasteiger partial charge in [-0.05, 0) is 25.0 Å². The molecule has 2 saturated heterocycles. The van der Waals surface area contributed by atoms with Gasteiger partial charge in [0, 0.05) is 39.1 Å². The molecule has 4 rings (SSSR count). The number of carbonyl (C=O) groups is 1. The van der Waals surface area contributed by atoms with Gasteiger partial charge in [-0.15, -0.1) is 10.2 Å². The number of aromatic nitrogens is 3. The number of ether oxygens (including phenoxy) is 1. The lowest BCUT2D eigenvalue weighted by molar-refractivity contribution is 0.0326. The molecule has 2 aromatic rings. The molecule has 0 saturated carbocycles. The molecular weight excluding hydrogens is 361 g/mol. The summed E-state index contributed by atoms with van der Waals surface area (Å²) in [5.41, 5.74) is 0.133. The highest BCUT2D eigenvalue weighted by Gasteiger charge is 2.30. The number of rotatable bonds is 4. The molecule has 0 aliphatic carbocycles. The summed E-state index contributed by atoms with van der Waals surface area (Å²) in [4.78, 5) is 16.8. The number of nitrogens with zero attached hydrogens (tertiary/aromatic N) is 5. The Morgan fingerprint density at radius 2 is 2.00 bits per heavy atom. The summed E-state index contributed by atoms with van der Waals surface area (Å²) in [5, 5.41) is 8.83. The zero-order valence-corrected chi connectivity index (χ0v) is 16.2. The first-order valence-corrected chi connectivity index (χ1v) is 9.85. The first-order chi connectivity index (χ1) is 13.6. The summed E-state index contributed by atoms with van der Waals surface area (Å²) in [6.07, 6.45) is 1.82. The van der Waals surface area contributed by atoms with Gasteiger partial charge in [0.2, 0.25) is 0 Å². The zero-order chi connectivity index (χ0) is 19.5. The number of hydrogen-bond acceptors (Lipinski definition) is 5. The molecule has 1 aromatic heterocycles. The van der Waals surface area contributed by atoms with Crippen LogP contribution in [0.15, 0.2) is 24.3 Å². The number of morpholine rings is 1. The van der Waals surface area contributed by atoms with E-state index in [0.717, 1.165) is 57.3 Å². The van der Waals surface area contributed by atoms with Crippen LogP contribution in [0.3, 0.4) is 0 Å². The van der Waals surface area contributed by atoms with E-state index in [-0.39, 0.29) is 17.4 Å². The maximum absolute atomic E-state index is 14.0. The fraction of sp³-hybridized carbons (Fsp3) is 0.550. The Kier molecular flexibility index (Phi) is 5.68. The maximum atomic E-state index is 14.0. The van der Waals surface area contributed by atoms with Crippen molar-refractivity contribution in [2.45, 2.75) is 25.3 Å². The van der Waals surface area contributed by atoms with E-state index < -0.39 is 5.82 Å². The average Bonchev–Trinajstić information content (AvgIpc) is 3.09. The quantitative estimate of drug-likeness (QED) is 0.801. The molecule has 1 unspecified atom stereocenters. The van der Waals surface area contributed by atoms with Crippen LogP contribution in [0.25, 0.3) is 0 Å². The van der Waals surface area contributed by atoms with Gasteiger partial charge in [-0.1, -0.05) is 12.1 Å². The molecule has 2 fully saturated rings. The van der Waals surface area contributed by atoms with Crippen molar-refractivity contribution in [2.24, 2.45) is 7.05 Å². The molecule has 28 heavy (non-hydrogen) atoms. The molecule has 150 valence electrons. The summed E-state index contributed by atoms with van der Waals surface area (Å²) >= 11 is 0. The second-order valence-corrected chi connectivity index (χ2v) is 7.49. The number of hydrogen-bond donors (Lipinski definition) is 0. The second kappa shape index (κ2) is 8.36. The third kappa shape index (κ3) is 3.93. The van der Waals surface area contributed by atoms with E-state index in [1.165, 1.54) is 6.07 Å². The Bertz CT molecular complexity index is 834. The van der Waals surface area contributed by atoms with Gasteiger partial charge in [0.15, 0.2) is 0 Å². The van der Waals surface area contributed by atoms with Gasteiger partial charge in [0.1, 0.15) is 17.5 Å². The van der Waals surface area contributed by atoms with Crippen LogP contribution in [-0.2, 0) is 18.3 Å². The topological polar surface area (TPSA) is 63.5 Å². The summed E-state index contributed by atoms with van der Waals surface area (Å²) in [6, 6.07) is 6.16. The van der Waals surface area contributed by atoms with Crippen LogP contribution in [0.4, 0.5) is 4.39 Å². The molecule has 0 bridgehead atoms. The molecule has 2 aliphatic heterocycles. The number of piperidine rings is 1. The molecule has 1 aromatic carbocycles. The lowest BCUT2D eigenvalue weighted by Gasteiger charge is -2.32. The molecule has 2 aliphatic rings. The minimum atomic E-state index is -0.471. The van der Waals surface area contributed by atoms with Crippen molar-refractivity contribution in [3.05, 3.63) is 47.3 Å². The van der Waals surface area contributed by atoms with Crippen LogP contribution in [-0.4, -0.2) is 69.9 Å². The fourth-order valence-corrected chi connectivity index (χ4v) is 4.01. The molecule has 3 heterocycles. The summed E-state index contributed by atoms with van der Waals surface area (Å²) in [7, 11) is 1.99. The van der Waals surface area contributed by atoms with E-state index in [0.29, 0.717) is 13.1 Å². The lowest BCUT2D eigenvalue weighted by Crippen LogP contribution is -2.40. The molecule has 0 radical (unpaired) electrons. The van der Waals surface area contributed by atoms with Crippen LogP contribution in [0.2, 0.25) is 0 Å². The molecule has 1 amide bonds. The smallest absolute Gasteiger partial charge is 0.256 e. The summed E-state index contributed by atoms with van der Waals surface area (Å²) in [6.45, 7) is 5.23. The minimum absolute atomic E-state index is 0.111. The highest BCUT2D eigenvalue weighted by molar-refractivity contribution is 5.94. The first-order valence-electron chi connectivity index (χ1n) is 9.85. The van der Waals surface area contributed by atoms with E-state index in [1.54, 1.807) is 23.1 Å². The van der Waals surface area contributed by atoms with Crippen molar-refractivity contribution in [3.8, 4) is 0 Å². The Labute approximate surface area is 164 Å². The van der Waals surface area contributed by atoms with Crippen molar-refractivity contribution in [3.63, 3.8) is 0 Å². The maximum Gasteiger partial charge on any atom is 0.256 e. The highest BCUT2D eigenvalue weighted by atomic mass is 19.1. The Hall–Kier alpha value is -2.32. The lowest BCUT2D eigenvalue weighted by atomic mass is 9.96. The van der Waals surface area contributed by atoms with Crippen LogP contribution < -0.4 is 0 Å². The van der Waals surface area contributed by atoms with Crippen molar-refractivity contribution in [1.82, 2.24) is 24.6 Å². The van der Waals surface area contributed by atoms with Crippen LogP contribution in [0.1, 0.15) is 40.8 Å². The average molecular weight is 387 g/mol. The third-order valence-electron chi connectivity index (χ3n) is 5.65. The Morgan fingerprint density at radius 3 is 2.79 bits per heavy atom. The molecule has 7 nitrogen and oxygen atoms in total. The second-order valence-electron chi connectivity index (χ2n) is 7.49. The zero-order valence-electron chi connectivity index (χ0n) is 16.2. The number of halogens is 1. The van der Waals surface area contributed by atoms with Gasteiger partial charge < -0.3 is 14.2 Å². The van der Waals surface area contributed by atoms with Crippen LogP contribution in [0, 0.1) is 5.82 Å². The highest BCUT2D eigenvalue weighted by Crippen LogP contribution is 2.27. The SMILES string of the molecule is Cn1c(CN2CCOCC2)nnc1C1CCCN(C(=O)c2ccccc2F)C1. The molecule has 1 atom stereocenters. The van der Waals surface area contributed by atoms with E-state index in [9.17, 15) is 9.18 Å². The predicted octanol–water partition coefficient (Wildman–Crippen LogP) is 1.81. The van der Waals surface area contributed by atoms with E-state index in [1.807, 2.05) is 7.05 Å². The molecule has 0 N–H and O–H groups in total. The number of amides is 1. The monoisotopic (exact) mass is 387 g/mol. The van der Waals surface area contributed by atoms with Crippen LogP contribution in [0.5, 0.6) is 0 Å².